The molecule has 0 radical (unpaired) electrons. The predicted octanol–water partition coefficient (Wildman–Crippen LogP) is 0.623. The lowest BCUT2D eigenvalue weighted by atomic mass is 9.96. The Labute approximate surface area is 119 Å². The molecule has 1 atom stereocenters. The van der Waals surface area contributed by atoms with Gasteiger partial charge in [-0.25, -0.2) is 0 Å². The Kier molecular flexibility index (Phi) is 6.18. The third kappa shape index (κ3) is 5.40. The SMILES string of the molecule is CCNC(=O)CNC(=O)[C@@](C)(O)CCc1ccccc1. The van der Waals surface area contributed by atoms with Gasteiger partial charge >= 0.3 is 0 Å². The van der Waals surface area contributed by atoms with Crippen molar-refractivity contribution in [1.29, 1.82) is 0 Å². The molecule has 0 heterocycles. The fraction of sp³-hybridized carbons (Fsp3) is 0.467. The summed E-state index contributed by atoms with van der Waals surface area (Å²) in [5.74, 6) is -0.792. The van der Waals surface area contributed by atoms with Crippen LogP contribution in [-0.2, 0) is 16.0 Å². The first kappa shape index (κ1) is 16.2. The number of carbonyl (C=O) groups is 2. The van der Waals surface area contributed by atoms with Gasteiger partial charge in [0.1, 0.15) is 5.60 Å². The van der Waals surface area contributed by atoms with Crippen LogP contribution >= 0.6 is 0 Å². The van der Waals surface area contributed by atoms with Crippen molar-refractivity contribution in [2.75, 3.05) is 13.1 Å². The van der Waals surface area contributed by atoms with Gasteiger partial charge in [-0.15, -0.1) is 0 Å². The lowest BCUT2D eigenvalue weighted by Gasteiger charge is -2.22. The van der Waals surface area contributed by atoms with Crippen molar-refractivity contribution in [2.45, 2.75) is 32.3 Å². The monoisotopic (exact) mass is 278 g/mol. The average Bonchev–Trinajstić information content (AvgIpc) is 2.44. The Bertz CT molecular complexity index is 444. The first-order valence-corrected chi connectivity index (χ1v) is 6.77. The van der Waals surface area contributed by atoms with Gasteiger partial charge in [-0.2, -0.15) is 0 Å². The minimum Gasteiger partial charge on any atom is -0.380 e. The summed E-state index contributed by atoms with van der Waals surface area (Å²) in [5.41, 5.74) is -0.424. The summed E-state index contributed by atoms with van der Waals surface area (Å²) in [6, 6.07) is 9.64. The van der Waals surface area contributed by atoms with Crippen LogP contribution in [-0.4, -0.2) is 35.6 Å². The van der Waals surface area contributed by atoms with Crippen LogP contribution in [0.1, 0.15) is 25.8 Å². The van der Waals surface area contributed by atoms with Crippen molar-refractivity contribution in [3.05, 3.63) is 35.9 Å². The lowest BCUT2D eigenvalue weighted by molar-refractivity contribution is -0.140. The van der Waals surface area contributed by atoms with Gasteiger partial charge in [0.25, 0.3) is 5.91 Å². The van der Waals surface area contributed by atoms with E-state index < -0.39 is 11.5 Å². The Balaban J connectivity index is 2.42. The van der Waals surface area contributed by atoms with E-state index in [0.717, 1.165) is 5.56 Å². The number of nitrogens with one attached hydrogen (secondary N) is 2. The van der Waals surface area contributed by atoms with E-state index in [0.29, 0.717) is 19.4 Å². The van der Waals surface area contributed by atoms with Crippen LogP contribution in [0.3, 0.4) is 0 Å². The summed E-state index contributed by atoms with van der Waals surface area (Å²) in [6.45, 7) is 3.66. The van der Waals surface area contributed by atoms with E-state index in [1.807, 2.05) is 30.3 Å². The fourth-order valence-corrected chi connectivity index (χ4v) is 1.76. The standard InChI is InChI=1S/C15H22N2O3/c1-3-16-13(18)11-17-14(19)15(2,20)10-9-12-7-5-4-6-8-12/h4-8,20H,3,9-11H2,1-2H3,(H,16,18)(H,17,19)/t15-/m0/s1. The van der Waals surface area contributed by atoms with E-state index in [-0.39, 0.29) is 12.5 Å². The first-order chi connectivity index (χ1) is 9.45. The summed E-state index contributed by atoms with van der Waals surface area (Å²) in [6.07, 6.45) is 0.903. The molecule has 0 unspecified atom stereocenters. The van der Waals surface area contributed by atoms with Crippen LogP contribution < -0.4 is 10.6 Å². The summed E-state index contributed by atoms with van der Waals surface area (Å²) in [4.78, 5) is 23.1. The van der Waals surface area contributed by atoms with Gasteiger partial charge in [0, 0.05) is 6.54 Å². The van der Waals surface area contributed by atoms with Crippen molar-refractivity contribution in [3.63, 3.8) is 0 Å². The Morgan fingerprint density at radius 2 is 1.85 bits per heavy atom. The number of aryl methyl sites for hydroxylation is 1. The highest BCUT2D eigenvalue weighted by Crippen LogP contribution is 2.14. The predicted molar refractivity (Wildman–Crippen MR) is 77.1 cm³/mol. The molecule has 110 valence electrons. The summed E-state index contributed by atoms with van der Waals surface area (Å²) in [7, 11) is 0. The Morgan fingerprint density at radius 3 is 2.45 bits per heavy atom. The smallest absolute Gasteiger partial charge is 0.252 e. The number of aliphatic hydroxyl groups is 1. The van der Waals surface area contributed by atoms with Crippen LogP contribution in [0.2, 0.25) is 0 Å². The summed E-state index contributed by atoms with van der Waals surface area (Å²) >= 11 is 0. The van der Waals surface area contributed by atoms with Crippen molar-refractivity contribution in [3.8, 4) is 0 Å². The summed E-state index contributed by atoms with van der Waals surface area (Å²) in [5, 5.41) is 15.2. The number of carbonyl (C=O) groups excluding carboxylic acids is 2. The maximum atomic E-state index is 11.9. The quantitative estimate of drug-likeness (QED) is 0.684. The average molecular weight is 278 g/mol. The van der Waals surface area contributed by atoms with Gasteiger partial charge in [-0.3, -0.25) is 9.59 Å². The van der Waals surface area contributed by atoms with E-state index in [1.165, 1.54) is 6.92 Å². The van der Waals surface area contributed by atoms with E-state index in [1.54, 1.807) is 6.92 Å². The normalized spacial score (nSPS) is 13.3. The third-order valence-electron chi connectivity index (χ3n) is 3.02. The maximum Gasteiger partial charge on any atom is 0.252 e. The third-order valence-corrected chi connectivity index (χ3v) is 3.02. The molecular weight excluding hydrogens is 256 g/mol. The van der Waals surface area contributed by atoms with E-state index in [2.05, 4.69) is 10.6 Å². The van der Waals surface area contributed by atoms with E-state index in [9.17, 15) is 14.7 Å². The molecular formula is C15H22N2O3. The van der Waals surface area contributed by atoms with Crippen LogP contribution in [0.15, 0.2) is 30.3 Å². The lowest BCUT2D eigenvalue weighted by Crippen LogP contribution is -2.48. The molecule has 0 aromatic heterocycles. The number of likely N-dealkylation sites (N-methyl/N-ethyl adjacent to an activating group) is 1. The van der Waals surface area contributed by atoms with Crippen LogP contribution in [0.4, 0.5) is 0 Å². The zero-order valence-corrected chi connectivity index (χ0v) is 12.0. The van der Waals surface area contributed by atoms with Crippen LogP contribution in [0.25, 0.3) is 0 Å². The maximum absolute atomic E-state index is 11.9. The molecule has 0 aliphatic rings. The fourth-order valence-electron chi connectivity index (χ4n) is 1.76. The summed E-state index contributed by atoms with van der Waals surface area (Å²) < 4.78 is 0. The molecule has 0 saturated heterocycles. The number of benzene rings is 1. The Hall–Kier alpha value is -1.88. The molecule has 0 aliphatic carbocycles. The molecule has 0 bridgehead atoms. The second-order valence-corrected chi connectivity index (χ2v) is 4.90. The number of hydrogen-bond donors (Lipinski definition) is 3. The molecule has 5 heteroatoms. The molecule has 0 aliphatic heterocycles. The molecule has 5 nitrogen and oxygen atoms in total. The van der Waals surface area contributed by atoms with Gasteiger partial charge < -0.3 is 15.7 Å². The molecule has 20 heavy (non-hydrogen) atoms. The van der Waals surface area contributed by atoms with Crippen molar-refractivity contribution < 1.29 is 14.7 Å². The second kappa shape index (κ2) is 7.65. The minimum atomic E-state index is -1.48. The van der Waals surface area contributed by atoms with Crippen LogP contribution in [0.5, 0.6) is 0 Å². The largest absolute Gasteiger partial charge is 0.380 e. The zero-order valence-electron chi connectivity index (χ0n) is 12.0. The van der Waals surface area contributed by atoms with Crippen LogP contribution in [0, 0.1) is 0 Å². The van der Waals surface area contributed by atoms with Crippen molar-refractivity contribution >= 4 is 11.8 Å². The van der Waals surface area contributed by atoms with Gasteiger partial charge in [-0.1, -0.05) is 30.3 Å². The molecule has 2 amide bonds. The molecule has 1 aromatic carbocycles. The highest BCUT2D eigenvalue weighted by Gasteiger charge is 2.29. The van der Waals surface area contributed by atoms with Gasteiger partial charge in [-0.05, 0) is 32.3 Å². The van der Waals surface area contributed by atoms with Crippen molar-refractivity contribution in [2.24, 2.45) is 0 Å². The molecule has 3 N–H and O–H groups in total. The molecule has 1 aromatic rings. The second-order valence-electron chi connectivity index (χ2n) is 4.90. The highest BCUT2D eigenvalue weighted by molar-refractivity contribution is 5.89. The molecule has 1 rings (SSSR count). The first-order valence-electron chi connectivity index (χ1n) is 6.77. The molecule has 0 fully saturated rings. The minimum absolute atomic E-state index is 0.117. The Morgan fingerprint density at radius 1 is 1.20 bits per heavy atom. The van der Waals surface area contributed by atoms with Gasteiger partial charge in [0.05, 0.1) is 6.54 Å². The van der Waals surface area contributed by atoms with Crippen molar-refractivity contribution in [1.82, 2.24) is 10.6 Å². The number of hydrogen-bond acceptors (Lipinski definition) is 3. The highest BCUT2D eigenvalue weighted by atomic mass is 16.3. The zero-order chi connectivity index (χ0) is 15.0. The molecule has 0 spiro atoms. The van der Waals surface area contributed by atoms with E-state index in [4.69, 9.17) is 0 Å². The molecule has 0 saturated carbocycles. The van der Waals surface area contributed by atoms with E-state index >= 15 is 0 Å². The van der Waals surface area contributed by atoms with Gasteiger partial charge in [0.15, 0.2) is 0 Å². The topological polar surface area (TPSA) is 78.4 Å². The van der Waals surface area contributed by atoms with Gasteiger partial charge in [0.2, 0.25) is 5.91 Å². The number of rotatable bonds is 7. The number of amides is 2.